The van der Waals surface area contributed by atoms with Crippen molar-refractivity contribution >= 4 is 0 Å². The summed E-state index contributed by atoms with van der Waals surface area (Å²) in [6.07, 6.45) is 3.59. The first kappa shape index (κ1) is 13.1. The number of hydrogen-bond acceptors (Lipinski definition) is 4. The average molecular weight is 261 g/mol. The minimum absolute atomic E-state index is 0.204. The Morgan fingerprint density at radius 3 is 2.79 bits per heavy atom. The van der Waals surface area contributed by atoms with Crippen molar-refractivity contribution in [1.29, 1.82) is 0 Å². The number of pyridine rings is 1. The Labute approximate surface area is 109 Å². The lowest BCUT2D eigenvalue weighted by atomic mass is 10.1. The normalized spacial score (nSPS) is 12.3. The first-order valence-corrected chi connectivity index (χ1v) is 6.02. The van der Waals surface area contributed by atoms with Crippen molar-refractivity contribution in [1.82, 2.24) is 14.5 Å². The van der Waals surface area contributed by atoms with Gasteiger partial charge in [0.15, 0.2) is 0 Å². The number of aromatic nitrogens is 3. The van der Waals surface area contributed by atoms with Gasteiger partial charge in [-0.15, -0.1) is 0 Å². The zero-order valence-electron chi connectivity index (χ0n) is 10.8. The van der Waals surface area contributed by atoms with E-state index in [0.29, 0.717) is 6.42 Å². The zero-order valence-corrected chi connectivity index (χ0v) is 10.8. The monoisotopic (exact) mass is 261 g/mol. The third kappa shape index (κ3) is 2.29. The van der Waals surface area contributed by atoms with Crippen LogP contribution in [0.2, 0.25) is 0 Å². The number of aromatic amines is 1. The third-order valence-corrected chi connectivity index (χ3v) is 3.12. The number of aromatic hydroxyl groups is 1. The van der Waals surface area contributed by atoms with E-state index >= 15 is 0 Å². The van der Waals surface area contributed by atoms with Gasteiger partial charge in [0.25, 0.3) is 5.56 Å². The largest absolute Gasteiger partial charge is 0.494 e. The Morgan fingerprint density at radius 2 is 2.21 bits per heavy atom. The van der Waals surface area contributed by atoms with Crippen LogP contribution in [0.5, 0.6) is 5.88 Å². The molecule has 0 aromatic carbocycles. The van der Waals surface area contributed by atoms with Crippen LogP contribution in [0.25, 0.3) is 0 Å². The van der Waals surface area contributed by atoms with Crippen molar-refractivity contribution in [2.45, 2.75) is 26.3 Å². The summed E-state index contributed by atoms with van der Waals surface area (Å²) in [5.74, 6) is -0.285. The molecule has 0 amide bonds. The molecule has 100 valence electrons. The Bertz CT molecular complexity index is 689. The lowest BCUT2D eigenvalue weighted by Gasteiger charge is -2.17. The highest BCUT2D eigenvalue weighted by molar-refractivity contribution is 5.26. The second kappa shape index (κ2) is 5.09. The predicted octanol–water partition coefficient (Wildman–Crippen LogP) is 0.809. The van der Waals surface area contributed by atoms with Crippen LogP contribution >= 0.6 is 0 Å². The van der Waals surface area contributed by atoms with E-state index in [2.05, 4.69) is 9.97 Å². The summed E-state index contributed by atoms with van der Waals surface area (Å²) in [7, 11) is 0. The molecule has 0 radical (unpaired) electrons. The van der Waals surface area contributed by atoms with Crippen LogP contribution in [0.3, 0.4) is 0 Å². The number of H-pyrrole nitrogens is 1. The lowest BCUT2D eigenvalue weighted by Crippen LogP contribution is -2.34. The molecule has 2 aromatic heterocycles. The molecule has 0 saturated carbocycles. The molecular formula is C13H15N3O3. The van der Waals surface area contributed by atoms with Gasteiger partial charge in [-0.1, -0.05) is 13.0 Å². The predicted molar refractivity (Wildman–Crippen MR) is 70.4 cm³/mol. The quantitative estimate of drug-likeness (QED) is 0.855. The van der Waals surface area contributed by atoms with Gasteiger partial charge in [-0.2, -0.15) is 0 Å². The molecule has 2 heterocycles. The number of nitrogens with one attached hydrogen (secondary N) is 1. The van der Waals surface area contributed by atoms with E-state index in [0.717, 1.165) is 10.1 Å². The van der Waals surface area contributed by atoms with Gasteiger partial charge in [-0.05, 0) is 25.0 Å². The van der Waals surface area contributed by atoms with Gasteiger partial charge in [0.05, 0.1) is 11.6 Å². The van der Waals surface area contributed by atoms with Crippen molar-refractivity contribution in [3.8, 4) is 5.88 Å². The topological polar surface area (TPSA) is 88.0 Å². The maximum absolute atomic E-state index is 11.9. The van der Waals surface area contributed by atoms with Crippen LogP contribution in [0, 0.1) is 0 Å². The van der Waals surface area contributed by atoms with Gasteiger partial charge in [0.2, 0.25) is 5.88 Å². The van der Waals surface area contributed by atoms with E-state index in [1.165, 1.54) is 0 Å². The summed E-state index contributed by atoms with van der Waals surface area (Å²) < 4.78 is 1.16. The van der Waals surface area contributed by atoms with Gasteiger partial charge in [-0.25, -0.2) is 4.79 Å². The maximum Gasteiger partial charge on any atom is 0.331 e. The molecule has 0 aliphatic carbocycles. The molecule has 0 spiro atoms. The van der Waals surface area contributed by atoms with Crippen molar-refractivity contribution in [3.05, 3.63) is 56.5 Å². The fourth-order valence-electron chi connectivity index (χ4n) is 2.03. The highest BCUT2D eigenvalue weighted by Crippen LogP contribution is 2.21. The summed E-state index contributed by atoms with van der Waals surface area (Å²) in [4.78, 5) is 29.6. The highest BCUT2D eigenvalue weighted by Gasteiger charge is 2.18. The van der Waals surface area contributed by atoms with E-state index in [-0.39, 0.29) is 11.4 Å². The Hall–Kier alpha value is -2.37. The molecule has 6 nitrogen and oxygen atoms in total. The number of hydrogen-bond donors (Lipinski definition) is 2. The molecule has 0 aliphatic rings. The Morgan fingerprint density at radius 1 is 1.47 bits per heavy atom. The van der Waals surface area contributed by atoms with E-state index in [1.54, 1.807) is 38.4 Å². The van der Waals surface area contributed by atoms with Crippen molar-refractivity contribution in [3.63, 3.8) is 0 Å². The van der Waals surface area contributed by atoms with Crippen LogP contribution in [-0.2, 0) is 6.42 Å². The molecule has 2 rings (SSSR count). The standard InChI is InChI=1S/C13H15N3O3/c1-3-10-11(17)15-13(19)16(12(10)18)8(2)9-5-4-6-14-7-9/h4-8,18H,3H2,1-2H3,(H,15,17,19). The molecular weight excluding hydrogens is 246 g/mol. The average Bonchev–Trinajstić information content (AvgIpc) is 2.39. The molecule has 1 atom stereocenters. The van der Waals surface area contributed by atoms with Gasteiger partial charge < -0.3 is 5.11 Å². The van der Waals surface area contributed by atoms with Crippen LogP contribution < -0.4 is 11.2 Å². The molecule has 6 heteroatoms. The fourth-order valence-corrected chi connectivity index (χ4v) is 2.03. The van der Waals surface area contributed by atoms with Gasteiger partial charge >= 0.3 is 5.69 Å². The summed E-state index contributed by atoms with van der Waals surface area (Å²) in [6, 6.07) is 3.14. The number of nitrogens with zero attached hydrogens (tertiary/aromatic N) is 2. The maximum atomic E-state index is 11.9. The Kier molecular flexibility index (Phi) is 3.50. The SMILES string of the molecule is CCc1c(O)n(C(C)c2cccnc2)c(=O)[nH]c1=O. The zero-order chi connectivity index (χ0) is 14.0. The summed E-state index contributed by atoms with van der Waals surface area (Å²) in [6.45, 7) is 3.50. The molecule has 0 aliphatic heterocycles. The van der Waals surface area contributed by atoms with Crippen LogP contribution in [-0.4, -0.2) is 19.6 Å². The first-order valence-electron chi connectivity index (χ1n) is 6.02. The van der Waals surface area contributed by atoms with Crippen LogP contribution in [0.1, 0.15) is 31.0 Å². The molecule has 0 saturated heterocycles. The second-order valence-electron chi connectivity index (χ2n) is 4.25. The van der Waals surface area contributed by atoms with E-state index in [9.17, 15) is 14.7 Å². The molecule has 2 aromatic rings. The molecule has 2 N–H and O–H groups in total. The van der Waals surface area contributed by atoms with Gasteiger partial charge in [-0.3, -0.25) is 19.3 Å². The minimum Gasteiger partial charge on any atom is -0.494 e. The molecule has 0 bridgehead atoms. The van der Waals surface area contributed by atoms with Gasteiger partial charge in [0.1, 0.15) is 0 Å². The molecule has 19 heavy (non-hydrogen) atoms. The second-order valence-corrected chi connectivity index (χ2v) is 4.25. The number of rotatable bonds is 3. The van der Waals surface area contributed by atoms with Crippen LogP contribution in [0.4, 0.5) is 0 Å². The van der Waals surface area contributed by atoms with Crippen molar-refractivity contribution in [2.75, 3.05) is 0 Å². The smallest absolute Gasteiger partial charge is 0.331 e. The molecule has 1 unspecified atom stereocenters. The Balaban J connectivity index is 2.64. The van der Waals surface area contributed by atoms with Crippen LogP contribution in [0.15, 0.2) is 34.1 Å². The summed E-state index contributed by atoms with van der Waals surface area (Å²) >= 11 is 0. The highest BCUT2D eigenvalue weighted by atomic mass is 16.3. The summed E-state index contributed by atoms with van der Waals surface area (Å²) in [5, 5.41) is 10.1. The van der Waals surface area contributed by atoms with Gasteiger partial charge in [0, 0.05) is 12.4 Å². The van der Waals surface area contributed by atoms with Crippen molar-refractivity contribution in [2.24, 2.45) is 0 Å². The first-order chi connectivity index (χ1) is 9.06. The van der Waals surface area contributed by atoms with Crippen molar-refractivity contribution < 1.29 is 5.11 Å². The van der Waals surface area contributed by atoms with E-state index in [4.69, 9.17) is 0 Å². The van der Waals surface area contributed by atoms with E-state index in [1.807, 2.05) is 0 Å². The van der Waals surface area contributed by atoms with E-state index < -0.39 is 17.3 Å². The minimum atomic E-state index is -0.629. The summed E-state index contributed by atoms with van der Waals surface area (Å²) in [5.41, 5.74) is -0.194. The lowest BCUT2D eigenvalue weighted by molar-refractivity contribution is 0.382. The third-order valence-electron chi connectivity index (χ3n) is 3.12. The fraction of sp³-hybridized carbons (Fsp3) is 0.308. The molecule has 0 fully saturated rings.